The Morgan fingerprint density at radius 2 is 2.18 bits per heavy atom. The van der Waals surface area contributed by atoms with Crippen molar-refractivity contribution in [3.05, 3.63) is 30.1 Å². The maximum Gasteiger partial charge on any atom is 0.240 e. The maximum absolute atomic E-state index is 12.9. The van der Waals surface area contributed by atoms with Crippen LogP contribution in [0.1, 0.15) is 37.7 Å². The molecular formula is C17H25N3O2. The molecule has 0 aliphatic carbocycles. The van der Waals surface area contributed by atoms with Crippen molar-refractivity contribution >= 4 is 5.91 Å². The van der Waals surface area contributed by atoms with Crippen LogP contribution in [0.5, 0.6) is 0 Å². The summed E-state index contributed by atoms with van der Waals surface area (Å²) in [5, 5.41) is 9.81. The van der Waals surface area contributed by atoms with Crippen molar-refractivity contribution in [3.63, 3.8) is 0 Å². The van der Waals surface area contributed by atoms with Crippen molar-refractivity contribution in [1.29, 1.82) is 0 Å². The third-order valence-corrected chi connectivity index (χ3v) is 4.72. The lowest BCUT2D eigenvalue weighted by Crippen LogP contribution is -2.53. The minimum Gasteiger partial charge on any atom is -0.391 e. The van der Waals surface area contributed by atoms with E-state index in [1.165, 1.54) is 0 Å². The van der Waals surface area contributed by atoms with E-state index in [2.05, 4.69) is 16.0 Å². The number of β-amino-alcohol motifs (C(OH)–C–C–N with tert-alkyl or cyclic N) is 1. The number of rotatable bonds is 3. The minimum absolute atomic E-state index is 0.0424. The van der Waals surface area contributed by atoms with Crippen molar-refractivity contribution in [3.8, 4) is 0 Å². The molecule has 1 N–H and O–H groups in total. The molecule has 1 aromatic rings. The Balaban J connectivity index is 1.67. The van der Waals surface area contributed by atoms with Crippen molar-refractivity contribution in [2.24, 2.45) is 0 Å². The van der Waals surface area contributed by atoms with Crippen LogP contribution in [0, 0.1) is 0 Å². The fourth-order valence-corrected chi connectivity index (χ4v) is 3.55. The second-order valence-corrected chi connectivity index (χ2v) is 6.42. The average Bonchev–Trinajstić information content (AvgIpc) is 2.56. The summed E-state index contributed by atoms with van der Waals surface area (Å²) in [6.07, 6.45) is 8.19. The molecule has 0 saturated carbocycles. The van der Waals surface area contributed by atoms with Crippen LogP contribution in [0.4, 0.5) is 0 Å². The summed E-state index contributed by atoms with van der Waals surface area (Å²) in [5.74, 6) is 0.197. The van der Waals surface area contributed by atoms with Crippen LogP contribution in [0.15, 0.2) is 24.5 Å². The zero-order chi connectivity index (χ0) is 15.4. The molecule has 3 rings (SSSR count). The molecule has 2 aliphatic rings. The van der Waals surface area contributed by atoms with Crippen LogP contribution in [-0.4, -0.2) is 57.6 Å². The first-order valence-corrected chi connectivity index (χ1v) is 8.34. The zero-order valence-electron chi connectivity index (χ0n) is 13.0. The lowest BCUT2D eigenvalue weighted by molar-refractivity contribution is -0.141. The molecule has 5 heteroatoms. The first-order chi connectivity index (χ1) is 10.7. The van der Waals surface area contributed by atoms with Crippen LogP contribution in [0.3, 0.4) is 0 Å². The number of aliphatic hydroxyl groups is 1. The van der Waals surface area contributed by atoms with E-state index < -0.39 is 0 Å². The molecule has 1 amide bonds. The quantitative estimate of drug-likeness (QED) is 0.917. The van der Waals surface area contributed by atoms with E-state index in [0.29, 0.717) is 6.54 Å². The fourth-order valence-electron chi connectivity index (χ4n) is 3.55. The maximum atomic E-state index is 12.9. The Morgan fingerprint density at radius 1 is 1.27 bits per heavy atom. The smallest absolute Gasteiger partial charge is 0.240 e. The van der Waals surface area contributed by atoms with Crippen LogP contribution in [0.25, 0.3) is 0 Å². The summed E-state index contributed by atoms with van der Waals surface area (Å²) in [5.41, 5.74) is 1.15. The Hall–Kier alpha value is -1.46. The number of aliphatic hydroxyl groups excluding tert-OH is 1. The highest BCUT2D eigenvalue weighted by atomic mass is 16.3. The van der Waals surface area contributed by atoms with Gasteiger partial charge in [-0.25, -0.2) is 0 Å². The van der Waals surface area contributed by atoms with Crippen molar-refractivity contribution < 1.29 is 9.90 Å². The number of pyridine rings is 1. The number of hydrogen-bond donors (Lipinski definition) is 1. The molecule has 2 saturated heterocycles. The number of aromatic nitrogens is 1. The molecule has 2 fully saturated rings. The Bertz CT molecular complexity index is 494. The Labute approximate surface area is 131 Å². The summed E-state index contributed by atoms with van der Waals surface area (Å²) >= 11 is 0. The highest BCUT2D eigenvalue weighted by molar-refractivity contribution is 5.82. The van der Waals surface area contributed by atoms with E-state index >= 15 is 0 Å². The van der Waals surface area contributed by atoms with Crippen molar-refractivity contribution in [2.45, 2.75) is 50.8 Å². The van der Waals surface area contributed by atoms with Gasteiger partial charge in [-0.2, -0.15) is 0 Å². The van der Waals surface area contributed by atoms with E-state index in [-0.39, 0.29) is 18.1 Å². The molecule has 0 spiro atoms. The number of piperidine rings is 2. The molecule has 22 heavy (non-hydrogen) atoms. The lowest BCUT2D eigenvalue weighted by Gasteiger charge is -2.39. The van der Waals surface area contributed by atoms with Gasteiger partial charge in [0.05, 0.1) is 12.1 Å². The monoisotopic (exact) mass is 303 g/mol. The van der Waals surface area contributed by atoms with Gasteiger partial charge in [0.1, 0.15) is 0 Å². The normalized spacial score (nSPS) is 26.9. The third kappa shape index (κ3) is 3.65. The summed E-state index contributed by atoms with van der Waals surface area (Å²) in [6, 6.07) is 3.96. The van der Waals surface area contributed by atoms with Crippen LogP contribution >= 0.6 is 0 Å². The Morgan fingerprint density at radius 3 is 2.95 bits per heavy atom. The molecule has 0 bridgehead atoms. The summed E-state index contributed by atoms with van der Waals surface area (Å²) in [7, 11) is 0. The van der Waals surface area contributed by atoms with Crippen molar-refractivity contribution in [2.75, 3.05) is 19.6 Å². The van der Waals surface area contributed by atoms with Crippen molar-refractivity contribution in [1.82, 2.24) is 14.8 Å². The highest BCUT2D eigenvalue weighted by Crippen LogP contribution is 2.22. The standard InChI is InChI=1S/C17H25N3O2/c21-15-6-4-10-20(13-15)17(22)16-7-1-2-9-19(16)12-14-5-3-8-18-11-14/h3,5,8,11,15-16,21H,1-2,4,6-7,9-10,12-13H2/t15-,16-/m0/s1. The number of hydrogen-bond acceptors (Lipinski definition) is 4. The molecule has 3 heterocycles. The minimum atomic E-state index is -0.354. The third-order valence-electron chi connectivity index (χ3n) is 4.72. The van der Waals surface area contributed by atoms with E-state index in [0.717, 1.165) is 57.3 Å². The van der Waals surface area contributed by atoms with Gasteiger partial charge < -0.3 is 10.0 Å². The highest BCUT2D eigenvalue weighted by Gasteiger charge is 2.33. The van der Waals surface area contributed by atoms with E-state index in [4.69, 9.17) is 0 Å². The number of amides is 1. The largest absolute Gasteiger partial charge is 0.391 e. The molecule has 1 aromatic heterocycles. The van der Waals surface area contributed by atoms with Gasteiger partial charge in [-0.15, -0.1) is 0 Å². The summed E-state index contributed by atoms with van der Waals surface area (Å²) in [4.78, 5) is 21.2. The van der Waals surface area contributed by atoms with Gasteiger partial charge in [0, 0.05) is 32.0 Å². The molecule has 5 nitrogen and oxygen atoms in total. The second kappa shape index (κ2) is 7.20. The van der Waals surface area contributed by atoms with Crippen LogP contribution in [-0.2, 0) is 11.3 Å². The van der Waals surface area contributed by atoms with Gasteiger partial charge in [-0.1, -0.05) is 12.5 Å². The van der Waals surface area contributed by atoms with Gasteiger partial charge in [0.15, 0.2) is 0 Å². The second-order valence-electron chi connectivity index (χ2n) is 6.42. The number of likely N-dealkylation sites (tertiary alicyclic amines) is 2. The number of nitrogens with zero attached hydrogens (tertiary/aromatic N) is 3. The Kier molecular flexibility index (Phi) is 5.05. The van der Waals surface area contributed by atoms with Gasteiger partial charge in [0.2, 0.25) is 5.91 Å². The van der Waals surface area contributed by atoms with Gasteiger partial charge in [-0.3, -0.25) is 14.7 Å². The predicted molar refractivity (Wildman–Crippen MR) is 84.1 cm³/mol. The fraction of sp³-hybridized carbons (Fsp3) is 0.647. The molecule has 0 aromatic carbocycles. The number of carbonyl (C=O) groups excluding carboxylic acids is 1. The SMILES string of the molecule is O=C([C@@H]1CCCCN1Cc1cccnc1)N1CCC[C@H](O)C1. The number of carbonyl (C=O) groups is 1. The van der Waals surface area contributed by atoms with Gasteiger partial charge in [0.25, 0.3) is 0 Å². The van der Waals surface area contributed by atoms with Crippen LogP contribution < -0.4 is 0 Å². The van der Waals surface area contributed by atoms with Crippen LogP contribution in [0.2, 0.25) is 0 Å². The molecule has 120 valence electrons. The summed E-state index contributed by atoms with van der Waals surface area (Å²) in [6.45, 7) is 3.02. The van der Waals surface area contributed by atoms with E-state index in [1.54, 1.807) is 6.20 Å². The van der Waals surface area contributed by atoms with Gasteiger partial charge in [-0.05, 0) is 43.9 Å². The molecular weight excluding hydrogens is 278 g/mol. The zero-order valence-corrected chi connectivity index (χ0v) is 13.0. The molecule has 2 aliphatic heterocycles. The van der Waals surface area contributed by atoms with E-state index in [9.17, 15) is 9.90 Å². The lowest BCUT2D eigenvalue weighted by atomic mass is 9.98. The molecule has 0 unspecified atom stereocenters. The average molecular weight is 303 g/mol. The first-order valence-electron chi connectivity index (χ1n) is 8.34. The van der Waals surface area contributed by atoms with Gasteiger partial charge >= 0.3 is 0 Å². The predicted octanol–water partition coefficient (Wildman–Crippen LogP) is 1.42. The molecule has 2 atom stereocenters. The first kappa shape index (κ1) is 15.4. The van der Waals surface area contributed by atoms with E-state index in [1.807, 2.05) is 17.2 Å². The molecule has 0 radical (unpaired) electrons. The summed E-state index contributed by atoms with van der Waals surface area (Å²) < 4.78 is 0. The topological polar surface area (TPSA) is 56.7 Å².